The lowest BCUT2D eigenvalue weighted by atomic mass is 10.2. The summed E-state index contributed by atoms with van der Waals surface area (Å²) < 4.78 is 5.01. The Labute approximate surface area is 66.0 Å². The highest BCUT2D eigenvalue weighted by molar-refractivity contribution is 5.08. The van der Waals surface area contributed by atoms with Crippen LogP contribution in [0.15, 0.2) is 12.4 Å². The average molecular weight is 155 g/mol. The molecule has 0 radical (unpaired) electrons. The summed E-state index contributed by atoms with van der Waals surface area (Å²) in [6.07, 6.45) is 3.65. The summed E-state index contributed by atoms with van der Waals surface area (Å²) in [5.74, 6) is 0. The normalized spacial score (nSPS) is 13.3. The SMILES string of the molecule is CNC(COC)c1cn[nH]c1. The molecule has 1 unspecified atom stereocenters. The van der Waals surface area contributed by atoms with Crippen LogP contribution in [0.4, 0.5) is 0 Å². The molecule has 0 saturated heterocycles. The van der Waals surface area contributed by atoms with E-state index in [-0.39, 0.29) is 6.04 Å². The van der Waals surface area contributed by atoms with Gasteiger partial charge in [0.05, 0.1) is 18.8 Å². The van der Waals surface area contributed by atoms with Gasteiger partial charge in [0, 0.05) is 18.9 Å². The number of likely N-dealkylation sites (N-methyl/N-ethyl adjacent to an activating group) is 1. The maximum atomic E-state index is 5.01. The molecule has 0 spiro atoms. The first kappa shape index (κ1) is 8.23. The van der Waals surface area contributed by atoms with Crippen LogP contribution in [0, 0.1) is 0 Å². The number of nitrogens with one attached hydrogen (secondary N) is 2. The summed E-state index contributed by atoms with van der Waals surface area (Å²) in [5, 5.41) is 9.73. The molecule has 0 bridgehead atoms. The van der Waals surface area contributed by atoms with Crippen LogP contribution in [0.3, 0.4) is 0 Å². The van der Waals surface area contributed by atoms with Crippen LogP contribution in [0.2, 0.25) is 0 Å². The summed E-state index contributed by atoms with van der Waals surface area (Å²) in [5.41, 5.74) is 1.12. The maximum absolute atomic E-state index is 5.01. The largest absolute Gasteiger partial charge is 0.383 e. The number of aromatic amines is 1. The molecule has 4 nitrogen and oxygen atoms in total. The molecule has 0 aromatic carbocycles. The Hall–Kier alpha value is -0.870. The van der Waals surface area contributed by atoms with Crippen LogP contribution in [0.25, 0.3) is 0 Å². The van der Waals surface area contributed by atoms with Crippen molar-refractivity contribution >= 4 is 0 Å². The van der Waals surface area contributed by atoms with Crippen molar-refractivity contribution in [3.05, 3.63) is 18.0 Å². The van der Waals surface area contributed by atoms with E-state index in [1.807, 2.05) is 13.2 Å². The highest BCUT2D eigenvalue weighted by Crippen LogP contribution is 2.09. The number of aromatic nitrogens is 2. The van der Waals surface area contributed by atoms with Crippen LogP contribution in [0.5, 0.6) is 0 Å². The lowest BCUT2D eigenvalue weighted by Gasteiger charge is -2.11. The van der Waals surface area contributed by atoms with Crippen molar-refractivity contribution in [3.8, 4) is 0 Å². The number of hydrogen-bond donors (Lipinski definition) is 2. The molecule has 0 fully saturated rings. The van der Waals surface area contributed by atoms with E-state index < -0.39 is 0 Å². The molecule has 0 aliphatic heterocycles. The quantitative estimate of drug-likeness (QED) is 0.658. The summed E-state index contributed by atoms with van der Waals surface area (Å²) in [6.45, 7) is 0.663. The predicted octanol–water partition coefficient (Wildman–Crippen LogP) is 0.317. The Balaban J connectivity index is 2.56. The van der Waals surface area contributed by atoms with Crippen molar-refractivity contribution < 1.29 is 4.74 Å². The van der Waals surface area contributed by atoms with Crippen LogP contribution in [0.1, 0.15) is 11.6 Å². The van der Waals surface area contributed by atoms with E-state index in [2.05, 4.69) is 15.5 Å². The van der Waals surface area contributed by atoms with E-state index in [0.717, 1.165) is 5.56 Å². The summed E-state index contributed by atoms with van der Waals surface area (Å²) in [7, 11) is 3.58. The van der Waals surface area contributed by atoms with Gasteiger partial charge in [-0.25, -0.2) is 0 Å². The van der Waals surface area contributed by atoms with E-state index in [4.69, 9.17) is 4.74 Å². The number of rotatable bonds is 4. The molecule has 4 heteroatoms. The van der Waals surface area contributed by atoms with Crippen molar-refractivity contribution in [1.82, 2.24) is 15.5 Å². The number of methoxy groups -OCH3 is 1. The van der Waals surface area contributed by atoms with Gasteiger partial charge in [-0.15, -0.1) is 0 Å². The summed E-state index contributed by atoms with van der Waals surface area (Å²) in [6, 6.07) is 0.235. The fourth-order valence-electron chi connectivity index (χ4n) is 0.964. The zero-order chi connectivity index (χ0) is 8.10. The number of nitrogens with zero attached hydrogens (tertiary/aromatic N) is 1. The highest BCUT2D eigenvalue weighted by Gasteiger charge is 2.08. The fourth-order valence-corrected chi connectivity index (χ4v) is 0.964. The lowest BCUT2D eigenvalue weighted by molar-refractivity contribution is 0.170. The van der Waals surface area contributed by atoms with Crippen LogP contribution >= 0.6 is 0 Å². The lowest BCUT2D eigenvalue weighted by Crippen LogP contribution is -2.20. The van der Waals surface area contributed by atoms with Crippen LogP contribution in [-0.4, -0.2) is 31.0 Å². The minimum Gasteiger partial charge on any atom is -0.383 e. The fraction of sp³-hybridized carbons (Fsp3) is 0.571. The summed E-state index contributed by atoms with van der Waals surface area (Å²) >= 11 is 0. The van der Waals surface area contributed by atoms with E-state index >= 15 is 0 Å². The predicted molar refractivity (Wildman–Crippen MR) is 42.3 cm³/mol. The minimum absolute atomic E-state index is 0.235. The molecule has 1 aromatic rings. The Morgan fingerprint density at radius 3 is 3.09 bits per heavy atom. The maximum Gasteiger partial charge on any atom is 0.0658 e. The van der Waals surface area contributed by atoms with Crippen molar-refractivity contribution in [2.45, 2.75) is 6.04 Å². The third kappa shape index (κ3) is 2.03. The standard InChI is InChI=1S/C7H13N3O/c1-8-7(5-11-2)6-3-9-10-4-6/h3-4,7-8H,5H2,1-2H3,(H,9,10). The van der Waals surface area contributed by atoms with E-state index in [1.54, 1.807) is 13.3 Å². The molecule has 0 amide bonds. The van der Waals surface area contributed by atoms with Gasteiger partial charge in [0.15, 0.2) is 0 Å². The molecule has 0 aliphatic rings. The van der Waals surface area contributed by atoms with Gasteiger partial charge in [-0.05, 0) is 7.05 Å². The third-order valence-corrected chi connectivity index (χ3v) is 1.60. The van der Waals surface area contributed by atoms with Gasteiger partial charge in [0.1, 0.15) is 0 Å². The molecular weight excluding hydrogens is 142 g/mol. The monoisotopic (exact) mass is 155 g/mol. The zero-order valence-electron chi connectivity index (χ0n) is 6.79. The van der Waals surface area contributed by atoms with Gasteiger partial charge in [-0.2, -0.15) is 5.10 Å². The molecule has 62 valence electrons. The molecule has 1 rings (SSSR count). The Kier molecular flexibility index (Phi) is 3.07. The molecule has 0 aliphatic carbocycles. The van der Waals surface area contributed by atoms with Gasteiger partial charge in [0.2, 0.25) is 0 Å². The first-order valence-corrected chi connectivity index (χ1v) is 3.53. The topological polar surface area (TPSA) is 49.9 Å². The van der Waals surface area contributed by atoms with Gasteiger partial charge in [0.25, 0.3) is 0 Å². The van der Waals surface area contributed by atoms with Crippen molar-refractivity contribution in [1.29, 1.82) is 0 Å². The second-order valence-electron chi connectivity index (χ2n) is 2.33. The molecule has 2 N–H and O–H groups in total. The highest BCUT2D eigenvalue weighted by atomic mass is 16.5. The molecule has 0 saturated carbocycles. The molecule has 11 heavy (non-hydrogen) atoms. The molecule has 1 atom stereocenters. The van der Waals surface area contributed by atoms with Gasteiger partial charge < -0.3 is 10.1 Å². The van der Waals surface area contributed by atoms with E-state index in [0.29, 0.717) is 6.61 Å². The second-order valence-corrected chi connectivity index (χ2v) is 2.33. The minimum atomic E-state index is 0.235. The number of hydrogen-bond acceptors (Lipinski definition) is 3. The Bertz CT molecular complexity index is 186. The second kappa shape index (κ2) is 4.10. The number of H-pyrrole nitrogens is 1. The van der Waals surface area contributed by atoms with E-state index in [1.165, 1.54) is 0 Å². The van der Waals surface area contributed by atoms with E-state index in [9.17, 15) is 0 Å². The average Bonchev–Trinajstić information content (AvgIpc) is 2.52. The van der Waals surface area contributed by atoms with Crippen LogP contribution in [-0.2, 0) is 4.74 Å². The molecular formula is C7H13N3O. The van der Waals surface area contributed by atoms with Crippen molar-refractivity contribution in [3.63, 3.8) is 0 Å². The summed E-state index contributed by atoms with van der Waals surface area (Å²) in [4.78, 5) is 0. The Morgan fingerprint density at radius 1 is 1.82 bits per heavy atom. The Morgan fingerprint density at radius 2 is 2.64 bits per heavy atom. The molecule has 1 aromatic heterocycles. The van der Waals surface area contributed by atoms with Gasteiger partial charge in [-0.3, -0.25) is 5.10 Å². The third-order valence-electron chi connectivity index (χ3n) is 1.60. The molecule has 1 heterocycles. The van der Waals surface area contributed by atoms with Crippen molar-refractivity contribution in [2.24, 2.45) is 0 Å². The first-order chi connectivity index (χ1) is 5.38. The van der Waals surface area contributed by atoms with Crippen molar-refractivity contribution in [2.75, 3.05) is 20.8 Å². The first-order valence-electron chi connectivity index (χ1n) is 3.53. The smallest absolute Gasteiger partial charge is 0.0658 e. The number of ether oxygens (including phenoxy) is 1. The van der Waals surface area contributed by atoms with Gasteiger partial charge in [-0.1, -0.05) is 0 Å². The van der Waals surface area contributed by atoms with Crippen LogP contribution < -0.4 is 5.32 Å². The van der Waals surface area contributed by atoms with Gasteiger partial charge >= 0.3 is 0 Å². The zero-order valence-corrected chi connectivity index (χ0v) is 6.79.